The lowest BCUT2D eigenvalue weighted by Crippen LogP contribution is -2.47. The van der Waals surface area contributed by atoms with E-state index >= 15 is 0 Å². The first-order valence-corrected chi connectivity index (χ1v) is 4.51. The fourth-order valence-electron chi connectivity index (χ4n) is 2.06. The summed E-state index contributed by atoms with van der Waals surface area (Å²) in [5, 5.41) is 6.87. The molecule has 2 nitrogen and oxygen atoms in total. The van der Waals surface area contributed by atoms with Crippen molar-refractivity contribution in [1.82, 2.24) is 10.6 Å². The Balaban J connectivity index is 2.06. The smallest absolute Gasteiger partial charge is 0.0135 e. The standard InChI is InChI=1S/C9H16N2/c1-3-9(7-10-5-1)4-2-6-11-8-9/h1,3,10-11H,2,4-8H2. The zero-order chi connectivity index (χ0) is 7.57. The Bertz CT molecular complexity index is 157. The molecule has 2 aliphatic rings. The van der Waals surface area contributed by atoms with Crippen molar-refractivity contribution in [1.29, 1.82) is 0 Å². The summed E-state index contributed by atoms with van der Waals surface area (Å²) in [5.41, 5.74) is 0.455. The number of rotatable bonds is 0. The molecule has 0 aromatic rings. The van der Waals surface area contributed by atoms with Gasteiger partial charge in [0.1, 0.15) is 0 Å². The summed E-state index contributed by atoms with van der Waals surface area (Å²) in [6.07, 6.45) is 7.34. The molecule has 0 aliphatic carbocycles. The third-order valence-corrected chi connectivity index (χ3v) is 2.72. The number of hydrogen-bond donors (Lipinski definition) is 2. The molecule has 2 heterocycles. The molecular weight excluding hydrogens is 136 g/mol. The van der Waals surface area contributed by atoms with Crippen molar-refractivity contribution in [2.24, 2.45) is 5.41 Å². The Morgan fingerprint density at radius 1 is 1.18 bits per heavy atom. The highest BCUT2D eigenvalue weighted by Crippen LogP contribution is 2.28. The van der Waals surface area contributed by atoms with Crippen LogP contribution in [0, 0.1) is 5.41 Å². The van der Waals surface area contributed by atoms with E-state index in [-0.39, 0.29) is 0 Å². The summed E-state index contributed by atoms with van der Waals surface area (Å²) in [5.74, 6) is 0. The second-order valence-corrected chi connectivity index (χ2v) is 3.68. The summed E-state index contributed by atoms with van der Waals surface area (Å²) in [6.45, 7) is 4.59. The summed E-state index contributed by atoms with van der Waals surface area (Å²) in [7, 11) is 0. The van der Waals surface area contributed by atoms with Crippen LogP contribution in [-0.4, -0.2) is 26.2 Å². The Morgan fingerprint density at radius 2 is 2.09 bits per heavy atom. The first-order valence-electron chi connectivity index (χ1n) is 4.51. The van der Waals surface area contributed by atoms with E-state index in [1.54, 1.807) is 0 Å². The molecule has 0 aromatic heterocycles. The van der Waals surface area contributed by atoms with Gasteiger partial charge in [-0.15, -0.1) is 0 Å². The van der Waals surface area contributed by atoms with Crippen LogP contribution in [0.3, 0.4) is 0 Å². The maximum atomic E-state index is 3.45. The molecule has 1 spiro atoms. The zero-order valence-corrected chi connectivity index (χ0v) is 6.90. The Hall–Kier alpha value is -0.340. The van der Waals surface area contributed by atoms with Crippen molar-refractivity contribution in [2.75, 3.05) is 26.2 Å². The molecule has 2 heteroatoms. The van der Waals surface area contributed by atoms with Gasteiger partial charge in [-0.2, -0.15) is 0 Å². The van der Waals surface area contributed by atoms with Crippen molar-refractivity contribution in [3.05, 3.63) is 12.2 Å². The molecule has 2 aliphatic heterocycles. The third-order valence-electron chi connectivity index (χ3n) is 2.72. The van der Waals surface area contributed by atoms with Crippen LogP contribution in [0.1, 0.15) is 12.8 Å². The highest BCUT2D eigenvalue weighted by molar-refractivity contribution is 5.08. The monoisotopic (exact) mass is 152 g/mol. The van der Waals surface area contributed by atoms with Gasteiger partial charge < -0.3 is 10.6 Å². The fourth-order valence-corrected chi connectivity index (χ4v) is 2.06. The van der Waals surface area contributed by atoms with Crippen LogP contribution < -0.4 is 10.6 Å². The molecule has 0 saturated carbocycles. The van der Waals surface area contributed by atoms with Crippen LogP contribution >= 0.6 is 0 Å². The molecule has 1 unspecified atom stereocenters. The van der Waals surface area contributed by atoms with E-state index in [1.165, 1.54) is 19.4 Å². The Labute approximate surface area is 68.1 Å². The summed E-state index contributed by atoms with van der Waals surface area (Å²) < 4.78 is 0. The Morgan fingerprint density at radius 3 is 2.73 bits per heavy atom. The van der Waals surface area contributed by atoms with E-state index in [0.717, 1.165) is 19.6 Å². The van der Waals surface area contributed by atoms with Gasteiger partial charge in [0.15, 0.2) is 0 Å². The second kappa shape index (κ2) is 2.95. The Kier molecular flexibility index (Phi) is 1.96. The summed E-state index contributed by atoms with van der Waals surface area (Å²) in [6, 6.07) is 0. The molecule has 62 valence electrons. The van der Waals surface area contributed by atoms with Gasteiger partial charge in [-0.3, -0.25) is 0 Å². The molecule has 11 heavy (non-hydrogen) atoms. The average molecular weight is 152 g/mol. The lowest BCUT2D eigenvalue weighted by Gasteiger charge is -2.37. The molecule has 0 bridgehead atoms. The van der Waals surface area contributed by atoms with Crippen LogP contribution in [0.25, 0.3) is 0 Å². The lowest BCUT2D eigenvalue weighted by molar-refractivity contribution is 0.261. The molecule has 0 radical (unpaired) electrons. The van der Waals surface area contributed by atoms with Crippen LogP contribution in [0.2, 0.25) is 0 Å². The van der Waals surface area contributed by atoms with Crippen LogP contribution in [0.4, 0.5) is 0 Å². The van der Waals surface area contributed by atoms with Gasteiger partial charge >= 0.3 is 0 Å². The lowest BCUT2D eigenvalue weighted by atomic mass is 9.79. The van der Waals surface area contributed by atoms with E-state index < -0.39 is 0 Å². The zero-order valence-electron chi connectivity index (χ0n) is 6.90. The van der Waals surface area contributed by atoms with E-state index in [0.29, 0.717) is 5.41 Å². The minimum Gasteiger partial charge on any atom is -0.316 e. The first kappa shape index (κ1) is 7.32. The van der Waals surface area contributed by atoms with E-state index in [1.807, 2.05) is 0 Å². The topological polar surface area (TPSA) is 24.1 Å². The molecular formula is C9H16N2. The molecule has 1 fully saturated rings. The summed E-state index contributed by atoms with van der Waals surface area (Å²) in [4.78, 5) is 0. The van der Waals surface area contributed by atoms with Gasteiger partial charge in [-0.25, -0.2) is 0 Å². The number of nitrogens with one attached hydrogen (secondary N) is 2. The average Bonchev–Trinajstić information content (AvgIpc) is 2.07. The van der Waals surface area contributed by atoms with Crippen molar-refractivity contribution >= 4 is 0 Å². The molecule has 2 N–H and O–H groups in total. The number of piperidine rings is 1. The van der Waals surface area contributed by atoms with Crippen molar-refractivity contribution in [3.8, 4) is 0 Å². The minimum absolute atomic E-state index is 0.455. The summed E-state index contributed by atoms with van der Waals surface area (Å²) >= 11 is 0. The molecule has 0 aromatic carbocycles. The van der Waals surface area contributed by atoms with Crippen molar-refractivity contribution < 1.29 is 0 Å². The maximum Gasteiger partial charge on any atom is 0.0135 e. The highest BCUT2D eigenvalue weighted by Gasteiger charge is 2.29. The predicted molar refractivity (Wildman–Crippen MR) is 46.5 cm³/mol. The van der Waals surface area contributed by atoms with E-state index in [4.69, 9.17) is 0 Å². The van der Waals surface area contributed by atoms with Crippen molar-refractivity contribution in [3.63, 3.8) is 0 Å². The molecule has 1 saturated heterocycles. The normalized spacial score (nSPS) is 37.8. The van der Waals surface area contributed by atoms with Gasteiger partial charge in [-0.1, -0.05) is 12.2 Å². The molecule has 1 atom stereocenters. The maximum absolute atomic E-state index is 3.45. The molecule has 0 amide bonds. The van der Waals surface area contributed by atoms with Gasteiger partial charge in [0, 0.05) is 25.0 Å². The quantitative estimate of drug-likeness (QED) is 0.494. The second-order valence-electron chi connectivity index (χ2n) is 3.68. The van der Waals surface area contributed by atoms with Crippen LogP contribution in [0.5, 0.6) is 0 Å². The highest BCUT2D eigenvalue weighted by atomic mass is 14.9. The largest absolute Gasteiger partial charge is 0.316 e. The first-order chi connectivity index (χ1) is 5.41. The van der Waals surface area contributed by atoms with Gasteiger partial charge in [0.05, 0.1) is 0 Å². The van der Waals surface area contributed by atoms with Crippen LogP contribution in [-0.2, 0) is 0 Å². The fraction of sp³-hybridized carbons (Fsp3) is 0.778. The van der Waals surface area contributed by atoms with Crippen molar-refractivity contribution in [2.45, 2.75) is 12.8 Å². The predicted octanol–water partition coefficient (Wildman–Crippen LogP) is 0.516. The van der Waals surface area contributed by atoms with E-state index in [2.05, 4.69) is 22.8 Å². The van der Waals surface area contributed by atoms with E-state index in [9.17, 15) is 0 Å². The third kappa shape index (κ3) is 1.47. The van der Waals surface area contributed by atoms with Gasteiger partial charge in [0.2, 0.25) is 0 Å². The SMILES string of the molecule is C1=CC2(CCCNC2)CNC1. The minimum atomic E-state index is 0.455. The molecule has 2 rings (SSSR count). The van der Waals surface area contributed by atoms with Gasteiger partial charge in [0.25, 0.3) is 0 Å². The number of hydrogen-bond acceptors (Lipinski definition) is 2. The van der Waals surface area contributed by atoms with Gasteiger partial charge in [-0.05, 0) is 19.4 Å². The van der Waals surface area contributed by atoms with Crippen LogP contribution in [0.15, 0.2) is 12.2 Å².